The molecule has 2 rings (SSSR count). The van der Waals surface area contributed by atoms with Gasteiger partial charge in [0, 0.05) is 19.4 Å². The number of aliphatic carboxylic acids is 1. The Kier molecular flexibility index (Phi) is 2.65. The van der Waals surface area contributed by atoms with E-state index in [0.717, 1.165) is 6.42 Å². The fraction of sp³-hybridized carbons (Fsp3) is 0.800. The lowest BCUT2D eigenvalue weighted by atomic mass is 10.1. The minimum absolute atomic E-state index is 0.0152. The number of carbonyl (C=O) groups is 2. The molecule has 5 heteroatoms. The van der Waals surface area contributed by atoms with Crippen LogP contribution in [0.2, 0.25) is 0 Å². The van der Waals surface area contributed by atoms with Gasteiger partial charge in [0.1, 0.15) is 6.04 Å². The molecular weight excluding hydrogens is 198 g/mol. The largest absolute Gasteiger partial charge is 0.480 e. The number of carbonyl (C=O) groups excluding carboxylic acids is 1. The van der Waals surface area contributed by atoms with E-state index in [2.05, 4.69) is 0 Å². The van der Waals surface area contributed by atoms with Crippen molar-refractivity contribution >= 4 is 11.9 Å². The maximum atomic E-state index is 11.7. The van der Waals surface area contributed by atoms with Crippen molar-refractivity contribution in [1.82, 2.24) is 4.90 Å². The highest BCUT2D eigenvalue weighted by Crippen LogP contribution is 2.34. The molecule has 2 aliphatic heterocycles. The van der Waals surface area contributed by atoms with Crippen LogP contribution >= 0.6 is 0 Å². The average molecular weight is 213 g/mol. The molecular formula is C10H15NO4. The lowest BCUT2D eigenvalue weighted by molar-refractivity contribution is -0.149. The van der Waals surface area contributed by atoms with Crippen LogP contribution in [0.25, 0.3) is 0 Å². The van der Waals surface area contributed by atoms with Crippen molar-refractivity contribution in [2.75, 3.05) is 6.61 Å². The highest BCUT2D eigenvalue weighted by Gasteiger charge is 2.49. The molecule has 2 heterocycles. The number of ether oxygens (including phenoxy) is 1. The first-order chi connectivity index (χ1) is 7.15. The molecule has 0 radical (unpaired) electrons. The minimum atomic E-state index is -0.921. The quantitative estimate of drug-likeness (QED) is 0.713. The Bertz CT molecular complexity index is 291. The molecule has 0 bridgehead atoms. The predicted octanol–water partition coefficient (Wildman–Crippen LogP) is 0.239. The van der Waals surface area contributed by atoms with Crippen LogP contribution in [0.5, 0.6) is 0 Å². The highest BCUT2D eigenvalue weighted by atomic mass is 16.5. The normalized spacial score (nSPS) is 34.2. The zero-order valence-corrected chi connectivity index (χ0v) is 8.68. The van der Waals surface area contributed by atoms with Crippen molar-refractivity contribution in [3.05, 3.63) is 0 Å². The lowest BCUT2D eigenvalue weighted by Crippen LogP contribution is -2.45. The molecule has 1 amide bonds. The molecule has 3 atom stereocenters. The number of likely N-dealkylation sites (tertiary alicyclic amines) is 1. The molecule has 0 aliphatic carbocycles. The number of carboxylic acids is 1. The van der Waals surface area contributed by atoms with Crippen LogP contribution < -0.4 is 0 Å². The van der Waals surface area contributed by atoms with Gasteiger partial charge < -0.3 is 14.7 Å². The highest BCUT2D eigenvalue weighted by molar-refractivity contribution is 5.84. The Morgan fingerprint density at radius 1 is 1.53 bits per heavy atom. The van der Waals surface area contributed by atoms with Gasteiger partial charge in [-0.15, -0.1) is 0 Å². The maximum Gasteiger partial charge on any atom is 0.326 e. The Morgan fingerprint density at radius 2 is 2.27 bits per heavy atom. The summed E-state index contributed by atoms with van der Waals surface area (Å²) in [6.07, 6.45) is 1.49. The van der Waals surface area contributed by atoms with Gasteiger partial charge in [-0.05, 0) is 6.42 Å². The van der Waals surface area contributed by atoms with Crippen LogP contribution in [-0.4, -0.2) is 46.7 Å². The first-order valence-corrected chi connectivity index (χ1v) is 5.30. The van der Waals surface area contributed by atoms with Crippen LogP contribution in [-0.2, 0) is 14.3 Å². The molecule has 2 aliphatic rings. The molecule has 15 heavy (non-hydrogen) atoms. The monoisotopic (exact) mass is 213 g/mol. The number of carboxylic acid groups (broad SMARTS) is 1. The van der Waals surface area contributed by atoms with Gasteiger partial charge in [-0.1, -0.05) is 6.92 Å². The van der Waals surface area contributed by atoms with Gasteiger partial charge in [-0.25, -0.2) is 4.79 Å². The van der Waals surface area contributed by atoms with E-state index in [1.54, 1.807) is 6.92 Å². The lowest BCUT2D eigenvalue weighted by Gasteiger charge is -2.26. The van der Waals surface area contributed by atoms with E-state index < -0.39 is 12.0 Å². The summed E-state index contributed by atoms with van der Waals surface area (Å²) in [5.74, 6) is -1.00. The van der Waals surface area contributed by atoms with Gasteiger partial charge in [-0.3, -0.25) is 4.79 Å². The van der Waals surface area contributed by atoms with Crippen LogP contribution in [0, 0.1) is 0 Å². The Labute approximate surface area is 88.0 Å². The SMILES string of the molecule is CCC(=O)N1C(C(=O)O)CC2OCCC21. The molecule has 0 spiro atoms. The van der Waals surface area contributed by atoms with E-state index in [1.807, 2.05) is 0 Å². The van der Waals surface area contributed by atoms with Gasteiger partial charge >= 0.3 is 5.97 Å². The number of amides is 1. The molecule has 84 valence electrons. The molecule has 0 aromatic rings. The van der Waals surface area contributed by atoms with Crippen molar-refractivity contribution in [2.24, 2.45) is 0 Å². The third-order valence-corrected chi connectivity index (χ3v) is 3.20. The first-order valence-electron chi connectivity index (χ1n) is 5.30. The fourth-order valence-corrected chi connectivity index (χ4v) is 2.51. The third-order valence-electron chi connectivity index (χ3n) is 3.20. The van der Waals surface area contributed by atoms with Crippen LogP contribution in [0.1, 0.15) is 26.2 Å². The van der Waals surface area contributed by atoms with E-state index in [1.165, 1.54) is 4.90 Å². The van der Waals surface area contributed by atoms with E-state index in [9.17, 15) is 9.59 Å². The smallest absolute Gasteiger partial charge is 0.326 e. The van der Waals surface area contributed by atoms with Gasteiger partial charge in [0.15, 0.2) is 0 Å². The van der Waals surface area contributed by atoms with E-state index in [4.69, 9.17) is 9.84 Å². The average Bonchev–Trinajstić information content (AvgIpc) is 2.74. The summed E-state index contributed by atoms with van der Waals surface area (Å²) in [4.78, 5) is 24.2. The van der Waals surface area contributed by atoms with Crippen molar-refractivity contribution in [2.45, 2.75) is 44.4 Å². The molecule has 3 unspecified atom stereocenters. The number of hydrogen-bond acceptors (Lipinski definition) is 3. The molecule has 1 N–H and O–H groups in total. The van der Waals surface area contributed by atoms with Crippen LogP contribution in [0.15, 0.2) is 0 Å². The summed E-state index contributed by atoms with van der Waals surface area (Å²) >= 11 is 0. The van der Waals surface area contributed by atoms with E-state index in [-0.39, 0.29) is 18.1 Å². The number of fused-ring (bicyclic) bond motifs is 1. The summed E-state index contributed by atoms with van der Waals surface area (Å²) in [5, 5.41) is 9.03. The number of hydrogen-bond donors (Lipinski definition) is 1. The predicted molar refractivity (Wildman–Crippen MR) is 51.3 cm³/mol. The minimum Gasteiger partial charge on any atom is -0.480 e. The van der Waals surface area contributed by atoms with Gasteiger partial charge in [0.25, 0.3) is 0 Å². The second-order valence-corrected chi connectivity index (χ2v) is 4.01. The summed E-state index contributed by atoms with van der Waals surface area (Å²) in [6, 6.07) is -0.703. The Morgan fingerprint density at radius 3 is 2.87 bits per heavy atom. The van der Waals surface area contributed by atoms with Crippen molar-refractivity contribution in [1.29, 1.82) is 0 Å². The summed E-state index contributed by atoms with van der Waals surface area (Å²) in [6.45, 7) is 2.39. The summed E-state index contributed by atoms with van der Waals surface area (Å²) in [7, 11) is 0. The van der Waals surface area contributed by atoms with Crippen LogP contribution in [0.4, 0.5) is 0 Å². The molecule has 2 saturated heterocycles. The molecule has 0 saturated carbocycles. The zero-order chi connectivity index (χ0) is 11.0. The second kappa shape index (κ2) is 3.81. The standard InChI is InChI=1S/C10H15NO4/c1-2-9(12)11-6-3-4-15-8(6)5-7(11)10(13)14/h6-8H,2-5H2,1H3,(H,13,14). The van der Waals surface area contributed by atoms with Crippen molar-refractivity contribution in [3.63, 3.8) is 0 Å². The Balaban J connectivity index is 2.20. The second-order valence-electron chi connectivity index (χ2n) is 4.01. The summed E-state index contributed by atoms with van der Waals surface area (Å²) < 4.78 is 5.42. The zero-order valence-electron chi connectivity index (χ0n) is 8.68. The van der Waals surface area contributed by atoms with Crippen molar-refractivity contribution in [3.8, 4) is 0 Å². The fourth-order valence-electron chi connectivity index (χ4n) is 2.51. The maximum absolute atomic E-state index is 11.7. The van der Waals surface area contributed by atoms with Gasteiger partial charge in [0.2, 0.25) is 5.91 Å². The van der Waals surface area contributed by atoms with Crippen LogP contribution in [0.3, 0.4) is 0 Å². The molecule has 2 fully saturated rings. The summed E-state index contributed by atoms with van der Waals surface area (Å²) in [5.41, 5.74) is 0. The molecule has 0 aromatic carbocycles. The molecule has 0 aromatic heterocycles. The van der Waals surface area contributed by atoms with E-state index >= 15 is 0 Å². The van der Waals surface area contributed by atoms with E-state index in [0.29, 0.717) is 19.4 Å². The Hall–Kier alpha value is -1.10. The van der Waals surface area contributed by atoms with Crippen molar-refractivity contribution < 1.29 is 19.4 Å². The molecule has 5 nitrogen and oxygen atoms in total. The topological polar surface area (TPSA) is 66.8 Å². The van der Waals surface area contributed by atoms with Gasteiger partial charge in [0.05, 0.1) is 12.1 Å². The third kappa shape index (κ3) is 1.61. The van der Waals surface area contributed by atoms with Gasteiger partial charge in [-0.2, -0.15) is 0 Å². The number of nitrogens with zero attached hydrogens (tertiary/aromatic N) is 1. The number of rotatable bonds is 2. The first kappa shape index (κ1) is 10.4.